The molecule has 0 amide bonds. The van der Waals surface area contributed by atoms with Crippen molar-refractivity contribution in [1.29, 1.82) is 0 Å². The van der Waals surface area contributed by atoms with Gasteiger partial charge in [-0.1, -0.05) is 79.7 Å². The zero-order valence-corrected chi connectivity index (χ0v) is 15.0. The molecule has 0 radical (unpaired) electrons. The summed E-state index contributed by atoms with van der Waals surface area (Å²) in [6.45, 7) is 1.86. The minimum Gasteiger partial charge on any atom is -0.299 e. The van der Waals surface area contributed by atoms with E-state index in [4.69, 9.17) is 0 Å². The number of hydrogen-bond acceptors (Lipinski definition) is 1. The molecule has 0 aromatic heterocycles. The molecule has 2 heteroatoms. The van der Waals surface area contributed by atoms with Crippen LogP contribution in [0.4, 0.5) is 4.39 Å². The van der Waals surface area contributed by atoms with Gasteiger partial charge in [0.2, 0.25) is 0 Å². The number of ketones is 1. The third kappa shape index (κ3) is 4.45. The highest BCUT2D eigenvalue weighted by Gasteiger charge is 2.17. The van der Waals surface area contributed by atoms with Gasteiger partial charge >= 0.3 is 0 Å². The monoisotopic (exact) mass is 346 g/mol. The quantitative estimate of drug-likeness (QED) is 0.498. The molecule has 0 bridgehead atoms. The Hall–Kier alpha value is -2.74. The lowest BCUT2D eigenvalue weighted by atomic mass is 9.91. The molecule has 3 rings (SSSR count). The van der Waals surface area contributed by atoms with E-state index in [0.717, 1.165) is 24.0 Å². The first kappa shape index (κ1) is 18.1. The molecule has 0 saturated carbocycles. The molecule has 3 aromatic rings. The average molecular weight is 346 g/mol. The molecule has 132 valence electrons. The number of Topliss-reactive ketones (excluding diaryl/α,β-unsaturated/α-hetero) is 1. The molecule has 1 unspecified atom stereocenters. The zero-order chi connectivity index (χ0) is 18.4. The van der Waals surface area contributed by atoms with E-state index in [1.54, 1.807) is 6.07 Å². The van der Waals surface area contributed by atoms with E-state index in [0.29, 0.717) is 12.0 Å². The Morgan fingerprint density at radius 1 is 0.923 bits per heavy atom. The van der Waals surface area contributed by atoms with Crippen LogP contribution in [0, 0.1) is 5.82 Å². The van der Waals surface area contributed by atoms with Crippen molar-refractivity contribution >= 4 is 5.78 Å². The number of aryl methyl sites for hydroxylation is 1. The number of carbonyl (C=O) groups is 1. The smallest absolute Gasteiger partial charge is 0.140 e. The van der Waals surface area contributed by atoms with Crippen LogP contribution < -0.4 is 0 Å². The number of carbonyl (C=O) groups excluding carboxylic acids is 1. The van der Waals surface area contributed by atoms with Crippen LogP contribution in [-0.2, 0) is 11.2 Å². The molecule has 0 spiro atoms. The molecule has 1 atom stereocenters. The van der Waals surface area contributed by atoms with Crippen molar-refractivity contribution in [2.45, 2.75) is 32.1 Å². The van der Waals surface area contributed by atoms with Gasteiger partial charge in [-0.05, 0) is 35.6 Å². The highest BCUT2D eigenvalue weighted by molar-refractivity contribution is 5.85. The molecule has 0 saturated heterocycles. The van der Waals surface area contributed by atoms with E-state index in [2.05, 4.69) is 12.1 Å². The number of hydrogen-bond donors (Lipinski definition) is 0. The van der Waals surface area contributed by atoms with Crippen LogP contribution in [0.5, 0.6) is 0 Å². The van der Waals surface area contributed by atoms with Crippen LogP contribution in [0.1, 0.15) is 36.8 Å². The van der Waals surface area contributed by atoms with Gasteiger partial charge in [-0.15, -0.1) is 0 Å². The second-order valence-electron chi connectivity index (χ2n) is 6.63. The molecule has 0 aliphatic heterocycles. The van der Waals surface area contributed by atoms with Crippen molar-refractivity contribution in [3.05, 3.63) is 95.8 Å². The summed E-state index contributed by atoms with van der Waals surface area (Å²) >= 11 is 0. The summed E-state index contributed by atoms with van der Waals surface area (Å²) in [5, 5.41) is 0. The fraction of sp³-hybridized carbons (Fsp3) is 0.208. The largest absolute Gasteiger partial charge is 0.299 e. The Balaban J connectivity index is 1.63. The molecule has 3 aromatic carbocycles. The van der Waals surface area contributed by atoms with Gasteiger partial charge in [-0.2, -0.15) is 0 Å². The maximum atomic E-state index is 14.5. The van der Waals surface area contributed by atoms with Gasteiger partial charge in [0.25, 0.3) is 0 Å². The molecule has 0 heterocycles. The summed E-state index contributed by atoms with van der Waals surface area (Å²) in [6, 6.07) is 24.8. The Morgan fingerprint density at radius 2 is 1.58 bits per heavy atom. The van der Waals surface area contributed by atoms with Gasteiger partial charge in [0.15, 0.2) is 0 Å². The first-order valence-electron chi connectivity index (χ1n) is 9.06. The molecular weight excluding hydrogens is 323 g/mol. The summed E-state index contributed by atoms with van der Waals surface area (Å²) < 4.78 is 14.5. The summed E-state index contributed by atoms with van der Waals surface area (Å²) in [5.41, 5.74) is 3.40. The molecule has 0 aliphatic carbocycles. The summed E-state index contributed by atoms with van der Waals surface area (Å²) in [4.78, 5) is 12.5. The van der Waals surface area contributed by atoms with Crippen molar-refractivity contribution < 1.29 is 9.18 Å². The topological polar surface area (TPSA) is 17.1 Å². The van der Waals surface area contributed by atoms with Crippen molar-refractivity contribution in [2.24, 2.45) is 0 Å². The zero-order valence-electron chi connectivity index (χ0n) is 15.0. The van der Waals surface area contributed by atoms with Crippen LogP contribution in [-0.4, -0.2) is 5.78 Å². The first-order valence-corrected chi connectivity index (χ1v) is 9.06. The predicted molar refractivity (Wildman–Crippen MR) is 105 cm³/mol. The van der Waals surface area contributed by atoms with Crippen LogP contribution in [0.2, 0.25) is 0 Å². The third-order valence-corrected chi connectivity index (χ3v) is 4.79. The number of halogens is 1. The number of rotatable bonds is 7. The Kier molecular flexibility index (Phi) is 5.96. The SMILES string of the molecule is CC(C(=O)CCCc1ccccc1)c1ccc(-c2ccccc2)c(F)c1. The maximum Gasteiger partial charge on any atom is 0.140 e. The molecule has 0 N–H and O–H groups in total. The van der Waals surface area contributed by atoms with E-state index < -0.39 is 0 Å². The average Bonchev–Trinajstić information content (AvgIpc) is 2.68. The number of benzene rings is 3. The molecular formula is C24H23FO. The summed E-state index contributed by atoms with van der Waals surface area (Å²) in [7, 11) is 0. The lowest BCUT2D eigenvalue weighted by Crippen LogP contribution is -2.10. The summed E-state index contributed by atoms with van der Waals surface area (Å²) in [6.07, 6.45) is 2.22. The Labute approximate surface area is 154 Å². The summed E-state index contributed by atoms with van der Waals surface area (Å²) in [5.74, 6) is -0.407. The van der Waals surface area contributed by atoms with E-state index in [-0.39, 0.29) is 17.5 Å². The van der Waals surface area contributed by atoms with E-state index in [9.17, 15) is 9.18 Å². The van der Waals surface area contributed by atoms with Gasteiger partial charge < -0.3 is 0 Å². The molecule has 26 heavy (non-hydrogen) atoms. The van der Waals surface area contributed by atoms with Crippen molar-refractivity contribution in [3.8, 4) is 11.1 Å². The fourth-order valence-electron chi connectivity index (χ4n) is 3.17. The minimum atomic E-state index is -0.287. The minimum absolute atomic E-state index is 0.160. The van der Waals surface area contributed by atoms with Crippen molar-refractivity contribution in [2.75, 3.05) is 0 Å². The predicted octanol–water partition coefficient (Wildman–Crippen LogP) is 6.19. The highest BCUT2D eigenvalue weighted by atomic mass is 19.1. The Morgan fingerprint density at radius 3 is 2.23 bits per heavy atom. The third-order valence-electron chi connectivity index (χ3n) is 4.79. The van der Waals surface area contributed by atoms with Gasteiger partial charge in [0.05, 0.1) is 0 Å². The first-order chi connectivity index (χ1) is 12.6. The van der Waals surface area contributed by atoms with Gasteiger partial charge in [0.1, 0.15) is 11.6 Å². The van der Waals surface area contributed by atoms with Gasteiger partial charge in [-0.25, -0.2) is 4.39 Å². The molecule has 1 nitrogen and oxygen atoms in total. The Bertz CT molecular complexity index is 856. The lowest BCUT2D eigenvalue weighted by molar-refractivity contribution is -0.120. The fourth-order valence-corrected chi connectivity index (χ4v) is 3.17. The van der Waals surface area contributed by atoms with E-state index in [1.165, 1.54) is 11.6 Å². The van der Waals surface area contributed by atoms with E-state index >= 15 is 0 Å². The normalized spacial score (nSPS) is 11.9. The standard InChI is InChI=1S/C24H23FO/c1-18(24(26)14-8-11-19-9-4-2-5-10-19)21-15-16-22(23(25)17-21)20-12-6-3-7-13-20/h2-7,9-10,12-13,15-18H,8,11,14H2,1H3. The van der Waals surface area contributed by atoms with Gasteiger partial charge in [0, 0.05) is 17.9 Å². The van der Waals surface area contributed by atoms with Crippen LogP contribution in [0.15, 0.2) is 78.9 Å². The van der Waals surface area contributed by atoms with Crippen LogP contribution >= 0.6 is 0 Å². The molecule has 0 aliphatic rings. The van der Waals surface area contributed by atoms with Gasteiger partial charge in [-0.3, -0.25) is 4.79 Å². The highest BCUT2D eigenvalue weighted by Crippen LogP contribution is 2.27. The lowest BCUT2D eigenvalue weighted by Gasteiger charge is -2.13. The van der Waals surface area contributed by atoms with E-state index in [1.807, 2.05) is 61.5 Å². The van der Waals surface area contributed by atoms with Crippen molar-refractivity contribution in [1.82, 2.24) is 0 Å². The molecule has 0 fully saturated rings. The van der Waals surface area contributed by atoms with Crippen molar-refractivity contribution in [3.63, 3.8) is 0 Å². The second kappa shape index (κ2) is 8.57. The maximum absolute atomic E-state index is 14.5. The van der Waals surface area contributed by atoms with Crippen LogP contribution in [0.3, 0.4) is 0 Å². The second-order valence-corrected chi connectivity index (χ2v) is 6.63. The van der Waals surface area contributed by atoms with Crippen LogP contribution in [0.25, 0.3) is 11.1 Å².